The van der Waals surface area contributed by atoms with Crippen LogP contribution in [0.2, 0.25) is 0 Å². The molecule has 1 aromatic carbocycles. The van der Waals surface area contributed by atoms with Crippen molar-refractivity contribution >= 4 is 11.9 Å². The third kappa shape index (κ3) is 4.32. The Bertz CT molecular complexity index is 392. The minimum absolute atomic E-state index is 0.776. The van der Waals surface area contributed by atoms with Crippen molar-refractivity contribution in [3.05, 3.63) is 23.8 Å². The zero-order chi connectivity index (χ0) is 13.5. The molecular weight excluding hydrogens is 258 g/mol. The summed E-state index contributed by atoms with van der Waals surface area (Å²) in [6.07, 6.45) is 6.86. The van der Waals surface area contributed by atoms with E-state index in [-0.39, 0.29) is 0 Å². The van der Waals surface area contributed by atoms with E-state index >= 15 is 0 Å². The van der Waals surface area contributed by atoms with Gasteiger partial charge in [-0.2, -0.15) is 0 Å². The fraction of sp³-hybridized carbons (Fsp3) is 0.600. The van der Waals surface area contributed by atoms with Gasteiger partial charge in [0, 0.05) is 23.4 Å². The number of hydrogen-bond acceptors (Lipinski definition) is 4. The minimum Gasteiger partial charge on any atom is -0.497 e. The van der Waals surface area contributed by atoms with Crippen LogP contribution in [0.1, 0.15) is 37.7 Å². The van der Waals surface area contributed by atoms with Gasteiger partial charge in [-0.25, -0.2) is 0 Å². The van der Waals surface area contributed by atoms with Gasteiger partial charge in [0.1, 0.15) is 11.5 Å². The molecule has 0 aliphatic heterocycles. The highest BCUT2D eigenvalue weighted by atomic mass is 32.2. The summed E-state index contributed by atoms with van der Waals surface area (Å²) in [5, 5.41) is 0.776. The Morgan fingerprint density at radius 3 is 2.63 bits per heavy atom. The first kappa shape index (κ1) is 14.5. The number of nitrogens with one attached hydrogen (secondary N) is 1. The van der Waals surface area contributed by atoms with E-state index < -0.39 is 0 Å². The molecule has 4 heteroatoms. The molecule has 0 aromatic heterocycles. The molecule has 1 N–H and O–H groups in total. The van der Waals surface area contributed by atoms with E-state index in [1.807, 2.05) is 24.1 Å². The van der Waals surface area contributed by atoms with E-state index in [2.05, 4.69) is 10.8 Å². The first-order valence-electron chi connectivity index (χ1n) is 6.93. The highest BCUT2D eigenvalue weighted by molar-refractivity contribution is 7.98. The van der Waals surface area contributed by atoms with Gasteiger partial charge in [0.05, 0.1) is 14.2 Å². The molecule has 0 radical (unpaired) electrons. The molecule has 0 saturated heterocycles. The standard InChI is InChI=1S/C15H23NO2S/c1-17-13-9-8-12(15(10-13)18-2)11-16-19-14-6-4-3-5-7-14/h8-10,14,16H,3-7,11H2,1-2H3. The molecule has 106 valence electrons. The lowest BCUT2D eigenvalue weighted by molar-refractivity contribution is 0.391. The quantitative estimate of drug-likeness (QED) is 0.804. The van der Waals surface area contributed by atoms with Crippen LogP contribution in [-0.2, 0) is 6.54 Å². The molecule has 1 aromatic rings. The number of ether oxygens (including phenoxy) is 2. The van der Waals surface area contributed by atoms with Crippen LogP contribution in [-0.4, -0.2) is 19.5 Å². The fourth-order valence-corrected chi connectivity index (χ4v) is 3.46. The summed E-state index contributed by atoms with van der Waals surface area (Å²) in [5.41, 5.74) is 1.17. The SMILES string of the molecule is COc1ccc(CNSC2CCCCC2)c(OC)c1. The second-order valence-electron chi connectivity index (χ2n) is 4.88. The van der Waals surface area contributed by atoms with Crippen LogP contribution in [0.4, 0.5) is 0 Å². The van der Waals surface area contributed by atoms with Gasteiger partial charge in [0.25, 0.3) is 0 Å². The molecule has 19 heavy (non-hydrogen) atoms. The van der Waals surface area contributed by atoms with Crippen LogP contribution in [0.15, 0.2) is 18.2 Å². The zero-order valence-electron chi connectivity index (χ0n) is 11.8. The maximum atomic E-state index is 5.40. The third-order valence-corrected chi connectivity index (χ3v) is 4.67. The number of methoxy groups -OCH3 is 2. The van der Waals surface area contributed by atoms with Gasteiger partial charge in [-0.15, -0.1) is 0 Å². The highest BCUT2D eigenvalue weighted by Gasteiger charge is 2.14. The molecule has 0 bridgehead atoms. The van der Waals surface area contributed by atoms with E-state index in [9.17, 15) is 0 Å². The van der Waals surface area contributed by atoms with Crippen LogP contribution < -0.4 is 14.2 Å². The van der Waals surface area contributed by atoms with Gasteiger partial charge in [-0.1, -0.05) is 37.3 Å². The second-order valence-corrected chi connectivity index (χ2v) is 6.07. The molecule has 0 spiro atoms. The van der Waals surface area contributed by atoms with Gasteiger partial charge < -0.3 is 9.47 Å². The molecule has 1 saturated carbocycles. The van der Waals surface area contributed by atoms with Crippen molar-refractivity contribution < 1.29 is 9.47 Å². The monoisotopic (exact) mass is 281 g/mol. The van der Waals surface area contributed by atoms with Crippen molar-refractivity contribution in [3.63, 3.8) is 0 Å². The Labute approximate surface area is 120 Å². The van der Waals surface area contributed by atoms with Crippen LogP contribution in [0.3, 0.4) is 0 Å². The first-order chi connectivity index (χ1) is 9.33. The van der Waals surface area contributed by atoms with Crippen molar-refractivity contribution in [1.29, 1.82) is 0 Å². The summed E-state index contributed by atoms with van der Waals surface area (Å²) in [4.78, 5) is 0. The molecule has 0 amide bonds. The van der Waals surface area contributed by atoms with E-state index in [1.165, 1.54) is 37.7 Å². The molecule has 0 unspecified atom stereocenters. The average Bonchev–Trinajstić information content (AvgIpc) is 2.48. The lowest BCUT2D eigenvalue weighted by atomic mass is 10.0. The second kappa shape index (κ2) is 7.65. The zero-order valence-corrected chi connectivity index (χ0v) is 12.6. The predicted octanol–water partition coefficient (Wildman–Crippen LogP) is 3.77. The Balaban J connectivity index is 1.84. The number of rotatable bonds is 6. The molecule has 1 fully saturated rings. The summed E-state index contributed by atoms with van der Waals surface area (Å²) < 4.78 is 14.1. The molecule has 0 heterocycles. The molecule has 3 nitrogen and oxygen atoms in total. The predicted molar refractivity (Wildman–Crippen MR) is 80.8 cm³/mol. The Morgan fingerprint density at radius 1 is 1.16 bits per heavy atom. The fourth-order valence-electron chi connectivity index (χ4n) is 2.42. The molecule has 1 aliphatic carbocycles. The molecule has 2 rings (SSSR count). The Morgan fingerprint density at radius 2 is 1.95 bits per heavy atom. The van der Waals surface area contributed by atoms with E-state index in [1.54, 1.807) is 14.2 Å². The van der Waals surface area contributed by atoms with E-state index in [4.69, 9.17) is 9.47 Å². The van der Waals surface area contributed by atoms with E-state index in [0.29, 0.717) is 0 Å². The van der Waals surface area contributed by atoms with Crippen molar-refractivity contribution in [2.45, 2.75) is 43.9 Å². The molecule has 1 aliphatic rings. The van der Waals surface area contributed by atoms with Crippen molar-refractivity contribution in [1.82, 2.24) is 4.72 Å². The van der Waals surface area contributed by atoms with Crippen molar-refractivity contribution in [2.24, 2.45) is 0 Å². The molecular formula is C15H23NO2S. The molecule has 0 atom stereocenters. The van der Waals surface area contributed by atoms with Crippen LogP contribution in [0.25, 0.3) is 0 Å². The Kier molecular flexibility index (Phi) is 5.86. The smallest absolute Gasteiger partial charge is 0.127 e. The first-order valence-corrected chi connectivity index (χ1v) is 7.81. The van der Waals surface area contributed by atoms with Crippen LogP contribution in [0, 0.1) is 0 Å². The van der Waals surface area contributed by atoms with Crippen LogP contribution >= 0.6 is 11.9 Å². The van der Waals surface area contributed by atoms with Gasteiger partial charge in [-0.05, 0) is 18.9 Å². The summed E-state index contributed by atoms with van der Waals surface area (Å²) in [7, 11) is 3.37. The topological polar surface area (TPSA) is 30.5 Å². The summed E-state index contributed by atoms with van der Waals surface area (Å²) in [6, 6.07) is 5.97. The lowest BCUT2D eigenvalue weighted by Gasteiger charge is -2.21. The summed E-state index contributed by atoms with van der Waals surface area (Å²) in [6.45, 7) is 0.828. The number of hydrogen-bond donors (Lipinski definition) is 1. The van der Waals surface area contributed by atoms with E-state index in [0.717, 1.165) is 23.3 Å². The van der Waals surface area contributed by atoms with Gasteiger partial charge in [0.2, 0.25) is 0 Å². The van der Waals surface area contributed by atoms with Crippen LogP contribution in [0.5, 0.6) is 11.5 Å². The maximum Gasteiger partial charge on any atom is 0.127 e. The number of benzene rings is 1. The average molecular weight is 281 g/mol. The van der Waals surface area contributed by atoms with Gasteiger partial charge >= 0.3 is 0 Å². The largest absolute Gasteiger partial charge is 0.497 e. The lowest BCUT2D eigenvalue weighted by Crippen LogP contribution is -2.15. The van der Waals surface area contributed by atoms with Crippen molar-refractivity contribution in [2.75, 3.05) is 14.2 Å². The van der Waals surface area contributed by atoms with Crippen molar-refractivity contribution in [3.8, 4) is 11.5 Å². The maximum absolute atomic E-state index is 5.40. The van der Waals surface area contributed by atoms with Gasteiger partial charge in [-0.3, -0.25) is 4.72 Å². The minimum atomic E-state index is 0.776. The van der Waals surface area contributed by atoms with Gasteiger partial charge in [0.15, 0.2) is 0 Å². The Hall–Kier alpha value is -0.870. The summed E-state index contributed by atoms with van der Waals surface area (Å²) in [5.74, 6) is 1.72. The normalized spacial score (nSPS) is 16.3. The highest BCUT2D eigenvalue weighted by Crippen LogP contribution is 2.28. The third-order valence-electron chi connectivity index (χ3n) is 3.56. The summed E-state index contributed by atoms with van der Waals surface area (Å²) >= 11 is 1.88.